The number of rotatable bonds is 5. The molecule has 1 N–H and O–H groups in total. The van der Waals surface area contributed by atoms with E-state index in [1.807, 2.05) is 61.7 Å². The maximum Gasteiger partial charge on any atom is 0.248 e. The number of fused-ring (bicyclic) bond motifs is 2. The van der Waals surface area contributed by atoms with Gasteiger partial charge in [-0.05, 0) is 37.3 Å². The largest absolute Gasteiger partial charge is 0.346 e. The van der Waals surface area contributed by atoms with Crippen molar-refractivity contribution in [3.05, 3.63) is 65.3 Å². The first kappa shape index (κ1) is 18.0. The molecule has 28 heavy (non-hydrogen) atoms. The molecule has 6 heteroatoms. The Morgan fingerprint density at radius 2 is 2.18 bits per heavy atom. The topological polar surface area (TPSA) is 70.7 Å². The molecule has 0 unspecified atom stereocenters. The Hall–Kier alpha value is -3.43. The number of nitrogens with one attached hydrogen (secondary N) is 1. The highest BCUT2D eigenvalue weighted by Crippen LogP contribution is 2.25. The highest BCUT2D eigenvalue weighted by molar-refractivity contribution is 7.18. The van der Waals surface area contributed by atoms with Gasteiger partial charge >= 0.3 is 0 Å². The smallest absolute Gasteiger partial charge is 0.248 e. The molecule has 0 fully saturated rings. The van der Waals surface area contributed by atoms with E-state index in [1.165, 1.54) is 0 Å². The molecule has 1 amide bonds. The Bertz CT molecular complexity index is 1240. The van der Waals surface area contributed by atoms with Crippen LogP contribution < -0.4 is 5.32 Å². The summed E-state index contributed by atoms with van der Waals surface area (Å²) in [4.78, 5) is 16.8. The fourth-order valence-electron chi connectivity index (χ4n) is 3.23. The van der Waals surface area contributed by atoms with Crippen LogP contribution in [0.1, 0.15) is 17.0 Å². The highest BCUT2D eigenvalue weighted by Gasteiger charge is 2.07. The Labute approximate surface area is 166 Å². The molecule has 4 rings (SSSR count). The van der Waals surface area contributed by atoms with Gasteiger partial charge in [0.1, 0.15) is 0 Å². The zero-order valence-corrected chi connectivity index (χ0v) is 16.2. The lowest BCUT2D eigenvalue weighted by molar-refractivity contribution is -0.111. The third kappa shape index (κ3) is 3.66. The van der Waals surface area contributed by atoms with Crippen molar-refractivity contribution in [2.24, 2.45) is 0 Å². The number of aryl methyl sites for hydroxylation is 2. The summed E-state index contributed by atoms with van der Waals surface area (Å²) in [6.07, 6.45) is 5.79. The first-order valence-electron chi connectivity index (χ1n) is 8.95. The van der Waals surface area contributed by atoms with Crippen molar-refractivity contribution in [3.63, 3.8) is 0 Å². The average Bonchev–Trinajstić information content (AvgIpc) is 3.24. The number of nitriles is 1. The molecule has 0 atom stereocenters. The Balaban J connectivity index is 1.54. The van der Waals surface area contributed by atoms with Gasteiger partial charge in [0.2, 0.25) is 5.91 Å². The maximum absolute atomic E-state index is 12.4. The molecule has 2 aromatic carbocycles. The summed E-state index contributed by atoms with van der Waals surface area (Å²) >= 11 is 1.61. The van der Waals surface area contributed by atoms with Crippen molar-refractivity contribution in [2.45, 2.75) is 19.9 Å². The van der Waals surface area contributed by atoms with Crippen LogP contribution in [0.3, 0.4) is 0 Å². The number of nitrogens with zero attached hydrogens (tertiary/aromatic N) is 3. The number of anilines is 1. The molecule has 0 saturated carbocycles. The second-order valence-electron chi connectivity index (χ2n) is 6.44. The molecular weight excluding hydrogens is 368 g/mol. The zero-order valence-electron chi connectivity index (χ0n) is 15.3. The lowest BCUT2D eigenvalue weighted by Gasteiger charge is -2.01. The van der Waals surface area contributed by atoms with E-state index in [0.29, 0.717) is 13.0 Å². The number of benzene rings is 2. The van der Waals surface area contributed by atoms with Gasteiger partial charge in [-0.1, -0.05) is 18.2 Å². The molecule has 4 aromatic rings. The van der Waals surface area contributed by atoms with E-state index >= 15 is 0 Å². The van der Waals surface area contributed by atoms with Crippen molar-refractivity contribution < 1.29 is 4.79 Å². The highest BCUT2D eigenvalue weighted by atomic mass is 32.1. The number of para-hydroxylation sites is 1. The summed E-state index contributed by atoms with van der Waals surface area (Å²) in [5, 5.41) is 13.8. The third-order valence-corrected chi connectivity index (χ3v) is 5.39. The van der Waals surface area contributed by atoms with Gasteiger partial charge in [0, 0.05) is 41.0 Å². The van der Waals surface area contributed by atoms with E-state index in [2.05, 4.69) is 20.9 Å². The average molecular weight is 386 g/mol. The molecule has 0 aliphatic carbocycles. The van der Waals surface area contributed by atoms with Gasteiger partial charge in [0.25, 0.3) is 0 Å². The second-order valence-corrected chi connectivity index (χ2v) is 7.68. The number of thiazole rings is 1. The predicted octanol–water partition coefficient (Wildman–Crippen LogP) is 5.13. The van der Waals surface area contributed by atoms with Crippen molar-refractivity contribution >= 4 is 50.1 Å². The number of hydrogen-bond donors (Lipinski definition) is 1. The van der Waals surface area contributed by atoms with Crippen LogP contribution in [0, 0.1) is 18.3 Å². The van der Waals surface area contributed by atoms with E-state index in [0.717, 1.165) is 37.4 Å². The van der Waals surface area contributed by atoms with E-state index in [-0.39, 0.29) is 5.91 Å². The summed E-state index contributed by atoms with van der Waals surface area (Å²) < 4.78 is 3.11. The molecule has 0 saturated heterocycles. The van der Waals surface area contributed by atoms with Crippen molar-refractivity contribution in [2.75, 3.05) is 5.32 Å². The SMILES string of the molecule is Cc1nc2ccc(NC(=O)/C=C/c3cn(CCC#N)c4ccccc34)cc2s1. The summed E-state index contributed by atoms with van der Waals surface area (Å²) in [6, 6.07) is 15.9. The molecule has 138 valence electrons. The fourth-order valence-corrected chi connectivity index (χ4v) is 4.10. The van der Waals surface area contributed by atoms with Crippen LogP contribution in [0.4, 0.5) is 5.69 Å². The normalized spacial score (nSPS) is 11.3. The lowest BCUT2D eigenvalue weighted by atomic mass is 10.1. The molecule has 2 heterocycles. The first-order chi connectivity index (χ1) is 13.6. The van der Waals surface area contributed by atoms with Crippen molar-refractivity contribution in [1.29, 1.82) is 5.26 Å². The van der Waals surface area contributed by atoms with Crippen LogP contribution >= 0.6 is 11.3 Å². The van der Waals surface area contributed by atoms with Crippen molar-refractivity contribution in [1.82, 2.24) is 9.55 Å². The van der Waals surface area contributed by atoms with Crippen LogP contribution in [0.2, 0.25) is 0 Å². The van der Waals surface area contributed by atoms with Crippen LogP contribution in [0.5, 0.6) is 0 Å². The van der Waals surface area contributed by atoms with Gasteiger partial charge in [-0.25, -0.2) is 4.98 Å². The third-order valence-electron chi connectivity index (χ3n) is 4.46. The minimum Gasteiger partial charge on any atom is -0.346 e. The molecular formula is C22H18N4OS. The minimum atomic E-state index is -0.186. The van der Waals surface area contributed by atoms with E-state index < -0.39 is 0 Å². The number of carbonyl (C=O) groups is 1. The minimum absolute atomic E-state index is 0.186. The Kier molecular flexibility index (Phi) is 4.92. The molecule has 0 radical (unpaired) electrons. The predicted molar refractivity (Wildman–Crippen MR) is 114 cm³/mol. The van der Waals surface area contributed by atoms with Gasteiger partial charge in [0.05, 0.1) is 27.7 Å². The van der Waals surface area contributed by atoms with Gasteiger partial charge in [-0.2, -0.15) is 5.26 Å². The molecule has 2 aromatic heterocycles. The van der Waals surface area contributed by atoms with Crippen LogP contribution in [0.15, 0.2) is 54.7 Å². The van der Waals surface area contributed by atoms with Gasteiger partial charge in [0.15, 0.2) is 0 Å². The summed E-state index contributed by atoms with van der Waals surface area (Å²) in [6.45, 7) is 2.60. The van der Waals surface area contributed by atoms with Crippen LogP contribution in [-0.4, -0.2) is 15.5 Å². The Morgan fingerprint density at radius 1 is 1.32 bits per heavy atom. The van der Waals surface area contributed by atoms with Crippen LogP contribution in [-0.2, 0) is 11.3 Å². The van der Waals surface area contributed by atoms with Crippen molar-refractivity contribution in [3.8, 4) is 6.07 Å². The summed E-state index contributed by atoms with van der Waals surface area (Å²) in [5.41, 5.74) is 3.71. The zero-order chi connectivity index (χ0) is 19.5. The molecule has 0 aliphatic heterocycles. The summed E-state index contributed by atoms with van der Waals surface area (Å²) in [5.74, 6) is -0.186. The van der Waals surface area contributed by atoms with Gasteiger partial charge < -0.3 is 9.88 Å². The standard InChI is InChI=1S/C22H18N4OS/c1-15-24-19-9-8-17(13-21(19)28-15)25-22(27)10-7-16-14-26(12-4-11-23)20-6-3-2-5-18(16)20/h2-3,5-10,13-14H,4,12H2,1H3,(H,25,27)/b10-7+. The maximum atomic E-state index is 12.4. The quantitative estimate of drug-likeness (QED) is 0.484. The fraction of sp³-hybridized carbons (Fsp3) is 0.136. The van der Waals surface area contributed by atoms with E-state index in [9.17, 15) is 4.79 Å². The van der Waals surface area contributed by atoms with Crippen LogP contribution in [0.25, 0.3) is 27.2 Å². The number of carbonyl (C=O) groups excluding carboxylic acids is 1. The lowest BCUT2D eigenvalue weighted by Crippen LogP contribution is -2.07. The summed E-state index contributed by atoms with van der Waals surface area (Å²) in [7, 11) is 0. The van der Waals surface area contributed by atoms with Gasteiger partial charge in [-0.3, -0.25) is 4.79 Å². The number of amides is 1. The number of aromatic nitrogens is 2. The number of hydrogen-bond acceptors (Lipinski definition) is 4. The Morgan fingerprint density at radius 3 is 3.04 bits per heavy atom. The molecule has 0 bridgehead atoms. The van der Waals surface area contributed by atoms with Gasteiger partial charge in [-0.15, -0.1) is 11.3 Å². The monoisotopic (exact) mass is 386 g/mol. The second kappa shape index (κ2) is 7.67. The molecule has 5 nitrogen and oxygen atoms in total. The molecule has 0 aliphatic rings. The first-order valence-corrected chi connectivity index (χ1v) is 9.77. The van der Waals surface area contributed by atoms with E-state index in [1.54, 1.807) is 17.4 Å². The molecule has 0 spiro atoms. The van der Waals surface area contributed by atoms with E-state index in [4.69, 9.17) is 5.26 Å².